The van der Waals surface area contributed by atoms with Gasteiger partial charge in [0.1, 0.15) is 0 Å². The predicted octanol–water partition coefficient (Wildman–Crippen LogP) is 3.27. The number of Topliss-reactive ketones (excluding diaryl/α,β-unsaturated/α-hetero) is 1. The van der Waals surface area contributed by atoms with Crippen molar-refractivity contribution in [1.29, 1.82) is 0 Å². The lowest BCUT2D eigenvalue weighted by Crippen LogP contribution is -2.12. The van der Waals surface area contributed by atoms with Crippen molar-refractivity contribution in [3.8, 4) is 17.2 Å². The van der Waals surface area contributed by atoms with Gasteiger partial charge in [-0.1, -0.05) is 35.9 Å². The fourth-order valence-electron chi connectivity index (χ4n) is 1.92. The van der Waals surface area contributed by atoms with E-state index in [2.05, 4.69) is 0 Å². The molecule has 4 heteroatoms. The largest absolute Gasteiger partial charge is 0.493 e. The number of para-hydroxylation sites is 1. The van der Waals surface area contributed by atoms with Crippen molar-refractivity contribution in [1.82, 2.24) is 0 Å². The van der Waals surface area contributed by atoms with E-state index in [1.165, 1.54) is 0 Å². The standard InChI is InChI=1S/C17H18O4/c1-12-7-9-13(10-8-12)14(18)11-21-17-15(19-2)5-4-6-16(17)20-3/h4-10H,11H2,1-3H3. The molecule has 0 aromatic heterocycles. The minimum Gasteiger partial charge on any atom is -0.493 e. The van der Waals surface area contributed by atoms with Crippen LogP contribution in [0.3, 0.4) is 0 Å². The zero-order chi connectivity index (χ0) is 15.2. The monoisotopic (exact) mass is 286 g/mol. The molecular formula is C17H18O4. The first-order chi connectivity index (χ1) is 10.2. The van der Waals surface area contributed by atoms with Crippen molar-refractivity contribution in [3.05, 3.63) is 53.6 Å². The number of methoxy groups -OCH3 is 2. The Morgan fingerprint density at radius 2 is 1.52 bits per heavy atom. The van der Waals surface area contributed by atoms with E-state index in [0.717, 1.165) is 5.56 Å². The second-order valence-electron chi connectivity index (χ2n) is 4.57. The highest BCUT2D eigenvalue weighted by molar-refractivity contribution is 5.97. The van der Waals surface area contributed by atoms with Crippen LogP contribution in [0, 0.1) is 6.92 Å². The second kappa shape index (κ2) is 6.79. The lowest BCUT2D eigenvalue weighted by Gasteiger charge is -2.13. The van der Waals surface area contributed by atoms with E-state index in [4.69, 9.17) is 14.2 Å². The van der Waals surface area contributed by atoms with Gasteiger partial charge in [-0.3, -0.25) is 4.79 Å². The number of carbonyl (C=O) groups excluding carboxylic acids is 1. The highest BCUT2D eigenvalue weighted by atomic mass is 16.5. The normalized spacial score (nSPS) is 10.0. The molecule has 21 heavy (non-hydrogen) atoms. The molecule has 0 aliphatic carbocycles. The number of benzene rings is 2. The number of hydrogen-bond donors (Lipinski definition) is 0. The zero-order valence-electron chi connectivity index (χ0n) is 12.4. The molecule has 0 fully saturated rings. The maximum absolute atomic E-state index is 12.1. The summed E-state index contributed by atoms with van der Waals surface area (Å²) in [5, 5.41) is 0. The molecule has 0 radical (unpaired) electrons. The van der Waals surface area contributed by atoms with Crippen LogP contribution in [0.2, 0.25) is 0 Å². The Bertz CT molecular complexity index is 595. The Hall–Kier alpha value is -2.49. The Labute approximate surface area is 124 Å². The fourth-order valence-corrected chi connectivity index (χ4v) is 1.92. The number of rotatable bonds is 6. The van der Waals surface area contributed by atoms with E-state index in [0.29, 0.717) is 22.8 Å². The van der Waals surface area contributed by atoms with Crippen LogP contribution in [0.25, 0.3) is 0 Å². The molecule has 0 aliphatic heterocycles. The second-order valence-corrected chi connectivity index (χ2v) is 4.57. The first-order valence-electron chi connectivity index (χ1n) is 6.59. The minimum atomic E-state index is -0.0945. The van der Waals surface area contributed by atoms with Crippen molar-refractivity contribution < 1.29 is 19.0 Å². The van der Waals surface area contributed by atoms with E-state index >= 15 is 0 Å². The van der Waals surface area contributed by atoms with Gasteiger partial charge in [0, 0.05) is 5.56 Å². The summed E-state index contributed by atoms with van der Waals surface area (Å²) in [6, 6.07) is 12.7. The molecule has 0 amide bonds. The predicted molar refractivity (Wildman–Crippen MR) is 80.6 cm³/mol. The SMILES string of the molecule is COc1cccc(OC)c1OCC(=O)c1ccc(C)cc1. The number of hydrogen-bond acceptors (Lipinski definition) is 4. The molecule has 0 bridgehead atoms. The summed E-state index contributed by atoms with van der Waals surface area (Å²) >= 11 is 0. The molecular weight excluding hydrogens is 268 g/mol. The molecule has 0 saturated heterocycles. The van der Waals surface area contributed by atoms with Crippen molar-refractivity contribution in [2.75, 3.05) is 20.8 Å². The van der Waals surface area contributed by atoms with Crippen LogP contribution in [-0.2, 0) is 0 Å². The molecule has 0 spiro atoms. The Morgan fingerprint density at radius 3 is 2.05 bits per heavy atom. The van der Waals surface area contributed by atoms with Crippen LogP contribution in [0.5, 0.6) is 17.2 Å². The zero-order valence-corrected chi connectivity index (χ0v) is 12.4. The summed E-state index contributed by atoms with van der Waals surface area (Å²) in [7, 11) is 3.09. The first kappa shape index (κ1) is 14.9. The lowest BCUT2D eigenvalue weighted by molar-refractivity contribution is 0.0917. The first-order valence-corrected chi connectivity index (χ1v) is 6.59. The lowest BCUT2D eigenvalue weighted by atomic mass is 10.1. The summed E-state index contributed by atoms with van der Waals surface area (Å²) in [5.74, 6) is 1.41. The molecule has 2 aromatic carbocycles. The van der Waals surface area contributed by atoms with Crippen LogP contribution in [0.15, 0.2) is 42.5 Å². The van der Waals surface area contributed by atoms with Gasteiger partial charge >= 0.3 is 0 Å². The van der Waals surface area contributed by atoms with Gasteiger partial charge in [0.2, 0.25) is 5.75 Å². The van der Waals surface area contributed by atoms with Crippen LogP contribution in [0.1, 0.15) is 15.9 Å². The van der Waals surface area contributed by atoms with Gasteiger partial charge in [-0.2, -0.15) is 0 Å². The maximum atomic E-state index is 12.1. The minimum absolute atomic E-state index is 0.0696. The topological polar surface area (TPSA) is 44.8 Å². The Kier molecular flexibility index (Phi) is 4.82. The van der Waals surface area contributed by atoms with E-state index in [9.17, 15) is 4.79 Å². The molecule has 2 rings (SSSR count). The fraction of sp³-hybridized carbons (Fsp3) is 0.235. The van der Waals surface area contributed by atoms with Crippen LogP contribution in [-0.4, -0.2) is 26.6 Å². The van der Waals surface area contributed by atoms with Crippen molar-refractivity contribution in [2.45, 2.75) is 6.92 Å². The molecule has 4 nitrogen and oxygen atoms in total. The van der Waals surface area contributed by atoms with Crippen LogP contribution < -0.4 is 14.2 Å². The van der Waals surface area contributed by atoms with Crippen LogP contribution in [0.4, 0.5) is 0 Å². The summed E-state index contributed by atoms with van der Waals surface area (Å²) in [6.07, 6.45) is 0. The van der Waals surface area contributed by atoms with Gasteiger partial charge < -0.3 is 14.2 Å². The molecule has 0 heterocycles. The average molecular weight is 286 g/mol. The number of carbonyl (C=O) groups is 1. The quantitative estimate of drug-likeness (QED) is 0.764. The van der Waals surface area contributed by atoms with E-state index in [1.54, 1.807) is 44.6 Å². The average Bonchev–Trinajstić information content (AvgIpc) is 2.52. The van der Waals surface area contributed by atoms with Crippen molar-refractivity contribution >= 4 is 5.78 Å². The molecule has 2 aromatic rings. The molecule has 110 valence electrons. The third-order valence-corrected chi connectivity index (χ3v) is 3.10. The smallest absolute Gasteiger partial charge is 0.203 e. The van der Waals surface area contributed by atoms with Crippen molar-refractivity contribution in [2.24, 2.45) is 0 Å². The highest BCUT2D eigenvalue weighted by Crippen LogP contribution is 2.36. The van der Waals surface area contributed by atoms with Gasteiger partial charge in [-0.15, -0.1) is 0 Å². The third kappa shape index (κ3) is 3.54. The van der Waals surface area contributed by atoms with Gasteiger partial charge in [-0.05, 0) is 19.1 Å². The summed E-state index contributed by atoms with van der Waals surface area (Å²) in [6.45, 7) is 1.91. The molecule has 0 aliphatic rings. The van der Waals surface area contributed by atoms with Gasteiger partial charge in [0.05, 0.1) is 14.2 Å². The highest BCUT2D eigenvalue weighted by Gasteiger charge is 2.14. The summed E-state index contributed by atoms with van der Waals surface area (Å²) in [4.78, 5) is 12.1. The summed E-state index contributed by atoms with van der Waals surface area (Å²) < 4.78 is 16.0. The maximum Gasteiger partial charge on any atom is 0.203 e. The van der Waals surface area contributed by atoms with E-state index in [1.807, 2.05) is 19.1 Å². The van der Waals surface area contributed by atoms with Crippen molar-refractivity contribution in [3.63, 3.8) is 0 Å². The molecule has 0 saturated carbocycles. The van der Waals surface area contributed by atoms with Gasteiger partial charge in [0.15, 0.2) is 23.9 Å². The molecule has 0 atom stereocenters. The van der Waals surface area contributed by atoms with Gasteiger partial charge in [-0.25, -0.2) is 0 Å². The van der Waals surface area contributed by atoms with Gasteiger partial charge in [0.25, 0.3) is 0 Å². The number of ether oxygens (including phenoxy) is 3. The Morgan fingerprint density at radius 1 is 0.952 bits per heavy atom. The summed E-state index contributed by atoms with van der Waals surface area (Å²) in [5.41, 5.74) is 1.73. The van der Waals surface area contributed by atoms with E-state index < -0.39 is 0 Å². The van der Waals surface area contributed by atoms with E-state index in [-0.39, 0.29) is 12.4 Å². The number of ketones is 1. The third-order valence-electron chi connectivity index (χ3n) is 3.10. The molecule has 0 unspecified atom stereocenters. The number of aryl methyl sites for hydroxylation is 1. The van der Waals surface area contributed by atoms with Crippen LogP contribution >= 0.6 is 0 Å². The molecule has 0 N–H and O–H groups in total. The Balaban J connectivity index is 2.12.